The molecule has 12 heteroatoms. The fourth-order valence-corrected chi connectivity index (χ4v) is 4.68. The number of nitro benzene ring substituents is 1. The Morgan fingerprint density at radius 3 is 2.48 bits per heavy atom. The van der Waals surface area contributed by atoms with Crippen molar-refractivity contribution in [3.63, 3.8) is 0 Å². The van der Waals surface area contributed by atoms with Gasteiger partial charge in [-0.2, -0.15) is 9.78 Å². The Labute approximate surface area is 254 Å². The van der Waals surface area contributed by atoms with Gasteiger partial charge in [-0.3, -0.25) is 14.9 Å². The summed E-state index contributed by atoms with van der Waals surface area (Å²) in [5.74, 6) is 0.197. The lowest BCUT2D eigenvalue weighted by Crippen LogP contribution is -2.25. The van der Waals surface area contributed by atoms with E-state index in [1.165, 1.54) is 44.2 Å². The van der Waals surface area contributed by atoms with Gasteiger partial charge in [0.1, 0.15) is 5.75 Å². The van der Waals surface area contributed by atoms with Crippen LogP contribution in [0, 0.1) is 17.0 Å². The Balaban J connectivity index is 1.92. The number of aryl methyl sites for hydroxylation is 1. The molecule has 0 aliphatic carbocycles. The van der Waals surface area contributed by atoms with Crippen LogP contribution in [0.2, 0.25) is 0 Å². The third-order valence-electron chi connectivity index (χ3n) is 6.90. The number of nitro groups is 1. The lowest BCUT2D eigenvalue weighted by Gasteiger charge is -2.18. The molecule has 0 radical (unpaired) electrons. The van der Waals surface area contributed by atoms with Crippen molar-refractivity contribution in [1.82, 2.24) is 9.66 Å². The molecule has 3 aromatic carbocycles. The van der Waals surface area contributed by atoms with Crippen LogP contribution in [0.15, 0.2) is 58.4 Å². The maximum atomic E-state index is 13.8. The van der Waals surface area contributed by atoms with Gasteiger partial charge < -0.3 is 18.9 Å². The van der Waals surface area contributed by atoms with Crippen LogP contribution >= 0.6 is 0 Å². The van der Waals surface area contributed by atoms with Gasteiger partial charge in [-0.1, -0.05) is 26.0 Å². The Kier molecular flexibility index (Phi) is 9.62. The molecule has 4 aromatic rings. The number of esters is 1. The van der Waals surface area contributed by atoms with E-state index < -0.39 is 28.2 Å². The molecule has 0 saturated carbocycles. The Morgan fingerprint density at radius 2 is 1.84 bits per heavy atom. The van der Waals surface area contributed by atoms with E-state index in [9.17, 15) is 19.7 Å². The van der Waals surface area contributed by atoms with E-state index in [2.05, 4.69) is 23.7 Å². The van der Waals surface area contributed by atoms with Crippen molar-refractivity contribution in [3.05, 3.63) is 85.7 Å². The van der Waals surface area contributed by atoms with Crippen LogP contribution in [0.25, 0.3) is 22.3 Å². The molecule has 0 aliphatic rings. The highest BCUT2D eigenvalue weighted by molar-refractivity contribution is 5.85. The van der Waals surface area contributed by atoms with Crippen LogP contribution < -0.4 is 19.8 Å². The van der Waals surface area contributed by atoms with Gasteiger partial charge in [-0.15, -0.1) is 0 Å². The Hall–Kier alpha value is -5.26. The summed E-state index contributed by atoms with van der Waals surface area (Å²) >= 11 is 0. The van der Waals surface area contributed by atoms with Crippen LogP contribution in [-0.2, 0) is 9.53 Å². The number of aromatic nitrogens is 2. The van der Waals surface area contributed by atoms with Crippen LogP contribution in [0.3, 0.4) is 0 Å². The van der Waals surface area contributed by atoms with E-state index in [4.69, 9.17) is 19.2 Å². The number of carbonyl (C=O) groups excluding carboxylic acids is 1. The zero-order valence-electron chi connectivity index (χ0n) is 25.6. The van der Waals surface area contributed by atoms with Crippen LogP contribution in [0.1, 0.15) is 50.3 Å². The van der Waals surface area contributed by atoms with Crippen LogP contribution in [-0.4, -0.2) is 53.7 Å². The molecular formula is C32H34N4O8. The number of benzene rings is 3. The summed E-state index contributed by atoms with van der Waals surface area (Å²) in [5, 5.41) is 16.8. The minimum Gasteiger partial charge on any atom is -0.494 e. The summed E-state index contributed by atoms with van der Waals surface area (Å²) in [6.45, 7) is 9.83. The summed E-state index contributed by atoms with van der Waals surface area (Å²) in [7, 11) is 2.50. The molecule has 44 heavy (non-hydrogen) atoms. The normalized spacial score (nSPS) is 12.0. The molecule has 0 aliphatic heterocycles. The predicted octanol–water partition coefficient (Wildman–Crippen LogP) is 5.63. The molecule has 0 amide bonds. The molecule has 4 rings (SSSR count). The quantitative estimate of drug-likeness (QED) is 0.0922. The predicted molar refractivity (Wildman–Crippen MR) is 166 cm³/mol. The van der Waals surface area contributed by atoms with Crippen molar-refractivity contribution in [3.8, 4) is 28.6 Å². The van der Waals surface area contributed by atoms with Gasteiger partial charge >= 0.3 is 11.7 Å². The number of hydrogen-bond acceptors (Lipinski definition) is 10. The molecule has 1 heterocycles. The molecule has 0 unspecified atom stereocenters. The van der Waals surface area contributed by atoms with Crippen molar-refractivity contribution in [2.45, 2.75) is 46.6 Å². The van der Waals surface area contributed by atoms with Crippen LogP contribution in [0.5, 0.6) is 17.2 Å². The molecule has 0 spiro atoms. The molecular weight excluding hydrogens is 568 g/mol. The summed E-state index contributed by atoms with van der Waals surface area (Å²) < 4.78 is 22.6. The average Bonchev–Trinajstić information content (AvgIpc) is 3.00. The summed E-state index contributed by atoms with van der Waals surface area (Å²) in [5.41, 5.74) is 2.30. The van der Waals surface area contributed by atoms with Gasteiger partial charge in [0, 0.05) is 17.2 Å². The smallest absolute Gasteiger partial charge is 0.346 e. The highest BCUT2D eigenvalue weighted by Gasteiger charge is 2.27. The van der Waals surface area contributed by atoms with Gasteiger partial charge in [-0.05, 0) is 68.1 Å². The number of hydrogen-bond donors (Lipinski definition) is 0. The standard InChI is InChI=1S/C32H34N4O8/c1-8-43-27-13-19(4)24(16-23(27)18(2)3)30-34-25-12-10-9-11-22(25)31(37)35(30)33-17-21-14-26(36(39)40)29(28(15-21)41-6)44-20(5)32(38)42-7/h9-18,20H,8H2,1-7H3/t20-/m0/s1. The van der Waals surface area contributed by atoms with E-state index in [0.717, 1.165) is 16.9 Å². The van der Waals surface area contributed by atoms with E-state index in [0.29, 0.717) is 28.9 Å². The lowest BCUT2D eigenvalue weighted by molar-refractivity contribution is -0.386. The molecule has 0 bridgehead atoms. The maximum absolute atomic E-state index is 13.8. The Bertz CT molecular complexity index is 1810. The number of rotatable bonds is 11. The van der Waals surface area contributed by atoms with Crippen molar-refractivity contribution >= 4 is 28.8 Å². The first-order valence-electron chi connectivity index (χ1n) is 13.9. The zero-order valence-corrected chi connectivity index (χ0v) is 25.6. The van der Waals surface area contributed by atoms with E-state index in [-0.39, 0.29) is 23.0 Å². The molecule has 0 fully saturated rings. The summed E-state index contributed by atoms with van der Waals surface area (Å²) in [4.78, 5) is 41.9. The van der Waals surface area contributed by atoms with Gasteiger partial charge in [0.15, 0.2) is 17.7 Å². The van der Waals surface area contributed by atoms with E-state index in [1.54, 1.807) is 24.3 Å². The minimum atomic E-state index is -1.13. The summed E-state index contributed by atoms with van der Waals surface area (Å²) in [6.07, 6.45) is 0.169. The maximum Gasteiger partial charge on any atom is 0.346 e. The largest absolute Gasteiger partial charge is 0.494 e. The van der Waals surface area contributed by atoms with E-state index in [1.807, 2.05) is 26.0 Å². The fourth-order valence-electron chi connectivity index (χ4n) is 4.68. The minimum absolute atomic E-state index is 0.00968. The van der Waals surface area contributed by atoms with Gasteiger partial charge in [0.2, 0.25) is 5.75 Å². The highest BCUT2D eigenvalue weighted by Crippen LogP contribution is 2.39. The second kappa shape index (κ2) is 13.4. The van der Waals surface area contributed by atoms with Gasteiger partial charge in [0.05, 0.1) is 42.9 Å². The number of methoxy groups -OCH3 is 2. The Morgan fingerprint density at radius 1 is 1.11 bits per heavy atom. The average molecular weight is 603 g/mol. The van der Waals surface area contributed by atoms with Crippen molar-refractivity contribution in [1.29, 1.82) is 0 Å². The molecule has 1 atom stereocenters. The first-order chi connectivity index (χ1) is 21.0. The number of carbonyl (C=O) groups is 1. The van der Waals surface area contributed by atoms with Crippen molar-refractivity contribution < 1.29 is 28.7 Å². The molecule has 12 nitrogen and oxygen atoms in total. The molecule has 0 saturated heterocycles. The lowest BCUT2D eigenvalue weighted by atomic mass is 9.96. The van der Waals surface area contributed by atoms with Crippen LogP contribution in [0.4, 0.5) is 5.69 Å². The summed E-state index contributed by atoms with van der Waals surface area (Å²) in [6, 6.07) is 13.5. The second-order valence-corrected chi connectivity index (χ2v) is 10.2. The number of nitrogens with zero attached hydrogens (tertiary/aromatic N) is 4. The highest BCUT2D eigenvalue weighted by atomic mass is 16.6. The van der Waals surface area contributed by atoms with Gasteiger partial charge in [-0.25, -0.2) is 9.78 Å². The molecule has 0 N–H and O–H groups in total. The third-order valence-corrected chi connectivity index (χ3v) is 6.90. The van der Waals surface area contributed by atoms with Crippen molar-refractivity contribution in [2.75, 3.05) is 20.8 Å². The molecule has 230 valence electrons. The van der Waals surface area contributed by atoms with Crippen molar-refractivity contribution in [2.24, 2.45) is 5.10 Å². The fraction of sp³-hybridized carbons (Fsp3) is 0.312. The SMILES string of the molecule is CCOc1cc(C)c(-c2nc3ccccc3c(=O)n2N=Cc2cc(OC)c(O[C@@H](C)C(=O)OC)c([N+](=O)[O-])c2)cc1C(C)C. The van der Waals surface area contributed by atoms with Gasteiger partial charge in [0.25, 0.3) is 5.56 Å². The monoisotopic (exact) mass is 602 g/mol. The second-order valence-electron chi connectivity index (χ2n) is 10.2. The number of ether oxygens (including phenoxy) is 4. The first-order valence-corrected chi connectivity index (χ1v) is 13.9. The number of para-hydroxylation sites is 1. The number of fused-ring (bicyclic) bond motifs is 1. The zero-order chi connectivity index (χ0) is 32.1. The first kappa shape index (κ1) is 31.7. The van der Waals surface area contributed by atoms with E-state index >= 15 is 0 Å². The third kappa shape index (κ3) is 6.38. The topological polar surface area (TPSA) is 144 Å². The molecule has 1 aromatic heterocycles.